The molecular weight excluding hydrogens is 144 g/mol. The number of methoxy groups -OCH3 is 1. The van der Waals surface area contributed by atoms with Crippen LogP contribution in [0.25, 0.3) is 0 Å². The Morgan fingerprint density at radius 3 is 3.00 bits per heavy atom. The summed E-state index contributed by atoms with van der Waals surface area (Å²) in [6.45, 7) is 3.44. The molecule has 0 aromatic carbocycles. The van der Waals surface area contributed by atoms with Crippen LogP contribution in [0, 0.1) is 0 Å². The molecule has 0 amide bonds. The molecule has 0 aliphatic carbocycles. The van der Waals surface area contributed by atoms with Gasteiger partial charge in [-0.05, 0) is 19.8 Å². The molecule has 0 unspecified atom stereocenters. The summed E-state index contributed by atoms with van der Waals surface area (Å²) >= 11 is 0. The van der Waals surface area contributed by atoms with Gasteiger partial charge in [-0.15, -0.1) is 0 Å². The summed E-state index contributed by atoms with van der Waals surface area (Å²) in [6.07, 6.45) is 2.10. The van der Waals surface area contributed by atoms with Crippen LogP contribution in [0.15, 0.2) is 0 Å². The molecule has 1 aliphatic rings. The minimum Gasteiger partial charge on any atom is -0.376 e. The molecule has 3 heteroatoms. The molecular formula is C8H16O3. The van der Waals surface area contributed by atoms with Gasteiger partial charge >= 0.3 is 0 Å². The highest BCUT2D eigenvalue weighted by molar-refractivity contribution is 4.67. The predicted octanol–water partition coefficient (Wildman–Crippen LogP) is 1.17. The summed E-state index contributed by atoms with van der Waals surface area (Å²) in [5.41, 5.74) is 0. The minimum absolute atomic E-state index is 0.128. The van der Waals surface area contributed by atoms with E-state index in [0.29, 0.717) is 6.61 Å². The van der Waals surface area contributed by atoms with Crippen LogP contribution in [0.3, 0.4) is 0 Å². The van der Waals surface area contributed by atoms with Crippen LogP contribution in [-0.2, 0) is 14.2 Å². The van der Waals surface area contributed by atoms with Crippen molar-refractivity contribution >= 4 is 0 Å². The van der Waals surface area contributed by atoms with E-state index < -0.39 is 0 Å². The molecule has 1 aliphatic heterocycles. The van der Waals surface area contributed by atoms with E-state index in [1.165, 1.54) is 0 Å². The summed E-state index contributed by atoms with van der Waals surface area (Å²) in [7, 11) is 1.70. The molecule has 1 fully saturated rings. The first-order valence-corrected chi connectivity index (χ1v) is 4.14. The predicted molar refractivity (Wildman–Crippen MR) is 41.4 cm³/mol. The van der Waals surface area contributed by atoms with Crippen molar-refractivity contribution in [3.8, 4) is 0 Å². The molecule has 0 saturated carbocycles. The summed E-state index contributed by atoms with van der Waals surface area (Å²) in [5.74, 6) is 0. The largest absolute Gasteiger partial charge is 0.376 e. The zero-order valence-electron chi connectivity index (χ0n) is 7.21. The van der Waals surface area contributed by atoms with Crippen molar-refractivity contribution in [2.24, 2.45) is 0 Å². The van der Waals surface area contributed by atoms with Crippen molar-refractivity contribution in [1.29, 1.82) is 0 Å². The van der Waals surface area contributed by atoms with Crippen LogP contribution in [0.4, 0.5) is 0 Å². The standard InChI is InChI=1S/C8H16O3/c1-3-10-8-7(9-2)5-4-6-11-8/h7-8H,3-6H2,1-2H3/t7-,8-/m0/s1. The van der Waals surface area contributed by atoms with Crippen molar-refractivity contribution in [2.45, 2.75) is 32.2 Å². The molecule has 3 nitrogen and oxygen atoms in total. The average molecular weight is 160 g/mol. The quantitative estimate of drug-likeness (QED) is 0.620. The second-order valence-electron chi connectivity index (χ2n) is 2.61. The number of rotatable bonds is 3. The van der Waals surface area contributed by atoms with Crippen LogP contribution >= 0.6 is 0 Å². The first-order valence-electron chi connectivity index (χ1n) is 4.14. The van der Waals surface area contributed by atoms with E-state index in [1.807, 2.05) is 6.92 Å². The van der Waals surface area contributed by atoms with Crippen LogP contribution < -0.4 is 0 Å². The maximum atomic E-state index is 5.37. The van der Waals surface area contributed by atoms with Crippen LogP contribution in [-0.4, -0.2) is 32.7 Å². The molecule has 0 N–H and O–H groups in total. The number of hydrogen-bond donors (Lipinski definition) is 0. The molecule has 0 aromatic rings. The Bertz CT molecular complexity index is 104. The van der Waals surface area contributed by atoms with E-state index in [-0.39, 0.29) is 12.4 Å². The zero-order chi connectivity index (χ0) is 8.10. The van der Waals surface area contributed by atoms with Crippen molar-refractivity contribution < 1.29 is 14.2 Å². The minimum atomic E-state index is -0.140. The summed E-state index contributed by atoms with van der Waals surface area (Å²) in [4.78, 5) is 0. The van der Waals surface area contributed by atoms with Gasteiger partial charge in [0.05, 0.1) is 0 Å². The fourth-order valence-electron chi connectivity index (χ4n) is 1.28. The van der Waals surface area contributed by atoms with Gasteiger partial charge in [-0.1, -0.05) is 0 Å². The van der Waals surface area contributed by atoms with Crippen molar-refractivity contribution in [2.75, 3.05) is 20.3 Å². The lowest BCUT2D eigenvalue weighted by Gasteiger charge is -2.29. The average Bonchev–Trinajstić information content (AvgIpc) is 2.06. The van der Waals surface area contributed by atoms with E-state index in [9.17, 15) is 0 Å². The van der Waals surface area contributed by atoms with Gasteiger partial charge in [0.1, 0.15) is 6.10 Å². The smallest absolute Gasteiger partial charge is 0.183 e. The topological polar surface area (TPSA) is 27.7 Å². The van der Waals surface area contributed by atoms with Gasteiger partial charge in [0.25, 0.3) is 0 Å². The van der Waals surface area contributed by atoms with E-state index >= 15 is 0 Å². The van der Waals surface area contributed by atoms with Crippen LogP contribution in [0.1, 0.15) is 19.8 Å². The van der Waals surface area contributed by atoms with Gasteiger partial charge < -0.3 is 14.2 Å². The lowest BCUT2D eigenvalue weighted by Crippen LogP contribution is -2.37. The highest BCUT2D eigenvalue weighted by atomic mass is 16.7. The van der Waals surface area contributed by atoms with Gasteiger partial charge in [-0.2, -0.15) is 0 Å². The molecule has 0 radical (unpaired) electrons. The highest BCUT2D eigenvalue weighted by Gasteiger charge is 2.25. The Hall–Kier alpha value is -0.120. The van der Waals surface area contributed by atoms with E-state index in [4.69, 9.17) is 14.2 Å². The third kappa shape index (κ3) is 2.43. The van der Waals surface area contributed by atoms with Gasteiger partial charge in [0.2, 0.25) is 0 Å². The van der Waals surface area contributed by atoms with Crippen LogP contribution in [0.5, 0.6) is 0 Å². The lowest BCUT2D eigenvalue weighted by molar-refractivity contribution is -0.219. The van der Waals surface area contributed by atoms with Crippen molar-refractivity contribution in [1.82, 2.24) is 0 Å². The molecule has 2 atom stereocenters. The summed E-state index contributed by atoms with van der Waals surface area (Å²) in [6, 6.07) is 0. The first-order chi connectivity index (χ1) is 5.38. The van der Waals surface area contributed by atoms with E-state index in [2.05, 4.69) is 0 Å². The third-order valence-corrected chi connectivity index (χ3v) is 1.85. The number of hydrogen-bond acceptors (Lipinski definition) is 3. The summed E-state index contributed by atoms with van der Waals surface area (Å²) in [5, 5.41) is 0. The fourth-order valence-corrected chi connectivity index (χ4v) is 1.28. The normalized spacial score (nSPS) is 32.2. The summed E-state index contributed by atoms with van der Waals surface area (Å²) < 4.78 is 15.9. The Morgan fingerprint density at radius 1 is 1.55 bits per heavy atom. The Balaban J connectivity index is 2.31. The Kier molecular flexibility index (Phi) is 3.83. The lowest BCUT2D eigenvalue weighted by atomic mass is 10.1. The highest BCUT2D eigenvalue weighted by Crippen LogP contribution is 2.17. The van der Waals surface area contributed by atoms with Gasteiger partial charge in [-0.25, -0.2) is 0 Å². The molecule has 1 heterocycles. The molecule has 0 bridgehead atoms. The molecule has 0 aromatic heterocycles. The van der Waals surface area contributed by atoms with Gasteiger partial charge in [0, 0.05) is 20.3 Å². The monoisotopic (exact) mass is 160 g/mol. The van der Waals surface area contributed by atoms with E-state index in [0.717, 1.165) is 19.4 Å². The molecule has 1 rings (SSSR count). The Morgan fingerprint density at radius 2 is 2.36 bits per heavy atom. The zero-order valence-corrected chi connectivity index (χ0v) is 7.21. The fraction of sp³-hybridized carbons (Fsp3) is 1.00. The Labute approximate surface area is 67.6 Å². The van der Waals surface area contributed by atoms with Crippen molar-refractivity contribution in [3.05, 3.63) is 0 Å². The maximum absolute atomic E-state index is 5.37. The van der Waals surface area contributed by atoms with Crippen molar-refractivity contribution in [3.63, 3.8) is 0 Å². The maximum Gasteiger partial charge on any atom is 0.183 e. The SMILES string of the molecule is CCO[C@H]1OCCC[C@@H]1OC. The third-order valence-electron chi connectivity index (χ3n) is 1.85. The molecule has 66 valence electrons. The van der Waals surface area contributed by atoms with Gasteiger partial charge in [-0.3, -0.25) is 0 Å². The van der Waals surface area contributed by atoms with Gasteiger partial charge in [0.15, 0.2) is 6.29 Å². The molecule has 1 saturated heterocycles. The molecule has 11 heavy (non-hydrogen) atoms. The van der Waals surface area contributed by atoms with Crippen LogP contribution in [0.2, 0.25) is 0 Å². The first kappa shape index (κ1) is 8.97. The number of ether oxygens (including phenoxy) is 3. The second kappa shape index (κ2) is 4.70. The molecule has 0 spiro atoms. The second-order valence-corrected chi connectivity index (χ2v) is 2.61. The van der Waals surface area contributed by atoms with E-state index in [1.54, 1.807) is 7.11 Å².